The van der Waals surface area contributed by atoms with Gasteiger partial charge in [-0.15, -0.1) is 0 Å². The number of halogens is 5. The molecule has 0 radical (unpaired) electrons. The average Bonchev–Trinajstić information content (AvgIpc) is 2.90. The number of hydrogen-bond donors (Lipinski definition) is 0. The van der Waals surface area contributed by atoms with Gasteiger partial charge in [0.25, 0.3) is 5.56 Å². The van der Waals surface area contributed by atoms with Crippen LogP contribution >= 0.6 is 11.6 Å². The molecule has 0 saturated carbocycles. The zero-order chi connectivity index (χ0) is 31.9. The Morgan fingerprint density at radius 1 is 1.07 bits per heavy atom. The summed E-state index contributed by atoms with van der Waals surface area (Å²) in [6.45, 7) is 6.49. The lowest BCUT2D eigenvalue weighted by Gasteiger charge is -2.36. The minimum absolute atomic E-state index is 0.0873. The lowest BCUT2D eigenvalue weighted by molar-refractivity contribution is -0.138. The van der Waals surface area contributed by atoms with Crippen LogP contribution in [-0.4, -0.2) is 71.4 Å². The summed E-state index contributed by atoms with van der Waals surface area (Å²) in [6.07, 6.45) is -4.57. The van der Waals surface area contributed by atoms with Crippen LogP contribution in [0.25, 0.3) is 10.9 Å². The van der Waals surface area contributed by atoms with E-state index in [0.717, 1.165) is 10.9 Å². The van der Waals surface area contributed by atoms with E-state index in [4.69, 9.17) is 16.3 Å². The van der Waals surface area contributed by atoms with E-state index >= 15 is 4.39 Å². The molecular formula is C28H31ClF4N4O5S. The van der Waals surface area contributed by atoms with E-state index in [9.17, 15) is 31.2 Å². The van der Waals surface area contributed by atoms with Crippen molar-refractivity contribution in [2.45, 2.75) is 57.5 Å². The Labute approximate surface area is 250 Å². The topological polar surface area (TPSA) is 102 Å². The summed E-state index contributed by atoms with van der Waals surface area (Å²) in [5, 5.41) is -0.415. The molecule has 0 bridgehead atoms. The van der Waals surface area contributed by atoms with Crippen LogP contribution in [-0.2, 0) is 33.8 Å². The van der Waals surface area contributed by atoms with Crippen LogP contribution in [0.2, 0.25) is 5.02 Å². The number of sulfone groups is 1. The highest BCUT2D eigenvalue weighted by atomic mass is 35.5. The number of aromatic nitrogens is 2. The largest absolute Gasteiger partial charge is 0.444 e. The molecule has 1 aliphatic heterocycles. The third-order valence-electron chi connectivity index (χ3n) is 6.95. The van der Waals surface area contributed by atoms with Gasteiger partial charge in [0, 0.05) is 43.3 Å². The van der Waals surface area contributed by atoms with Crippen molar-refractivity contribution < 1.29 is 35.5 Å². The zero-order valence-corrected chi connectivity index (χ0v) is 25.5. The number of nitrogens with zero attached hydrogens (tertiary/aromatic N) is 4. The first-order valence-corrected chi connectivity index (χ1v) is 15.4. The average molecular weight is 647 g/mol. The van der Waals surface area contributed by atoms with Gasteiger partial charge in [-0.2, -0.15) is 13.2 Å². The third kappa shape index (κ3) is 7.29. The molecule has 0 aliphatic carbocycles. The predicted molar refractivity (Wildman–Crippen MR) is 152 cm³/mol. The SMILES string of the molecule is CCS(=O)(=O)c1ccc(Cl)cc1Cn1cnc2c(F)c(CN3CCN(C(=O)OC(C)(C)C)CC3)c(C(F)(F)F)cc2c1=O. The van der Waals surface area contributed by atoms with Crippen LogP contribution in [0, 0.1) is 5.82 Å². The number of carbonyl (C=O) groups is 1. The summed E-state index contributed by atoms with van der Waals surface area (Å²) in [6, 6.07) is 4.59. The van der Waals surface area contributed by atoms with Crippen molar-refractivity contribution in [2.24, 2.45) is 0 Å². The maximum absolute atomic E-state index is 15.7. The van der Waals surface area contributed by atoms with E-state index in [0.29, 0.717) is 6.07 Å². The van der Waals surface area contributed by atoms with Crippen molar-refractivity contribution >= 4 is 38.4 Å². The molecule has 234 valence electrons. The molecule has 9 nitrogen and oxygen atoms in total. The van der Waals surface area contributed by atoms with Gasteiger partial charge in [-0.25, -0.2) is 22.6 Å². The second-order valence-electron chi connectivity index (χ2n) is 11.2. The zero-order valence-electron chi connectivity index (χ0n) is 24.0. The molecule has 1 amide bonds. The van der Waals surface area contributed by atoms with Crippen LogP contribution in [0.1, 0.15) is 44.4 Å². The molecule has 1 fully saturated rings. The molecule has 15 heteroatoms. The molecule has 0 N–H and O–H groups in total. The number of ether oxygens (including phenoxy) is 1. The van der Waals surface area contributed by atoms with Crippen molar-refractivity contribution in [1.82, 2.24) is 19.4 Å². The van der Waals surface area contributed by atoms with Crippen molar-refractivity contribution in [1.29, 1.82) is 0 Å². The van der Waals surface area contributed by atoms with Crippen LogP contribution in [0.5, 0.6) is 0 Å². The van der Waals surface area contributed by atoms with Gasteiger partial charge in [0.2, 0.25) is 0 Å². The number of piperazine rings is 1. The lowest BCUT2D eigenvalue weighted by atomic mass is 10.0. The van der Waals surface area contributed by atoms with Crippen molar-refractivity contribution in [2.75, 3.05) is 31.9 Å². The molecular weight excluding hydrogens is 616 g/mol. The Hall–Kier alpha value is -3.23. The van der Waals surface area contributed by atoms with Crippen LogP contribution < -0.4 is 5.56 Å². The van der Waals surface area contributed by atoms with Crippen molar-refractivity contribution in [3.05, 3.63) is 68.5 Å². The number of rotatable bonds is 6. The highest BCUT2D eigenvalue weighted by Gasteiger charge is 2.37. The summed E-state index contributed by atoms with van der Waals surface area (Å²) in [4.78, 5) is 32.6. The number of amides is 1. The number of fused-ring (bicyclic) bond motifs is 1. The fourth-order valence-electron chi connectivity index (χ4n) is 4.78. The molecule has 1 saturated heterocycles. The Morgan fingerprint density at radius 2 is 1.72 bits per heavy atom. The van der Waals surface area contributed by atoms with Gasteiger partial charge in [-0.3, -0.25) is 14.3 Å². The molecule has 43 heavy (non-hydrogen) atoms. The van der Waals surface area contributed by atoms with E-state index in [1.54, 1.807) is 25.7 Å². The molecule has 0 spiro atoms. The quantitative estimate of drug-likeness (QED) is 0.344. The Kier molecular flexibility index (Phi) is 9.15. The Balaban J connectivity index is 1.68. The van der Waals surface area contributed by atoms with E-state index in [1.807, 2.05) is 0 Å². The Bertz CT molecular complexity index is 1710. The van der Waals surface area contributed by atoms with Gasteiger partial charge >= 0.3 is 12.3 Å². The number of alkyl halides is 3. The molecule has 1 aliphatic rings. The van der Waals surface area contributed by atoms with Gasteiger partial charge in [-0.05, 0) is 50.6 Å². The van der Waals surface area contributed by atoms with Crippen LogP contribution in [0.4, 0.5) is 22.4 Å². The summed E-state index contributed by atoms with van der Waals surface area (Å²) in [5.74, 6) is -1.51. The minimum atomic E-state index is -4.99. The van der Waals surface area contributed by atoms with Gasteiger partial charge < -0.3 is 9.64 Å². The molecule has 0 atom stereocenters. The maximum atomic E-state index is 15.7. The molecule has 1 aromatic heterocycles. The summed E-state index contributed by atoms with van der Waals surface area (Å²) < 4.78 is 89.8. The van der Waals surface area contributed by atoms with Gasteiger partial charge in [0.15, 0.2) is 15.7 Å². The van der Waals surface area contributed by atoms with Gasteiger partial charge in [0.1, 0.15) is 11.1 Å². The first-order valence-electron chi connectivity index (χ1n) is 13.4. The fraction of sp³-hybridized carbons (Fsp3) is 0.464. The molecule has 3 aromatic rings. The molecule has 0 unspecified atom stereocenters. The van der Waals surface area contributed by atoms with Crippen LogP contribution in [0.15, 0.2) is 40.3 Å². The second-order valence-corrected chi connectivity index (χ2v) is 13.9. The first kappa shape index (κ1) is 32.7. The highest BCUT2D eigenvalue weighted by Crippen LogP contribution is 2.36. The number of carbonyl (C=O) groups excluding carboxylic acids is 1. The summed E-state index contributed by atoms with van der Waals surface area (Å²) in [5.41, 5.74) is -4.08. The number of benzene rings is 2. The van der Waals surface area contributed by atoms with E-state index < -0.39 is 67.7 Å². The maximum Gasteiger partial charge on any atom is 0.416 e. The smallest absolute Gasteiger partial charge is 0.416 e. The number of hydrogen-bond acceptors (Lipinski definition) is 7. The molecule has 4 rings (SSSR count). The van der Waals surface area contributed by atoms with Crippen molar-refractivity contribution in [3.8, 4) is 0 Å². The normalized spacial score (nSPS) is 15.2. The monoisotopic (exact) mass is 646 g/mol. The fourth-order valence-corrected chi connectivity index (χ4v) is 6.08. The first-order chi connectivity index (χ1) is 19.9. The predicted octanol–water partition coefficient (Wildman–Crippen LogP) is 5.10. The second kappa shape index (κ2) is 12.0. The van der Waals surface area contributed by atoms with E-state index in [-0.39, 0.29) is 54.0 Å². The minimum Gasteiger partial charge on any atom is -0.444 e. The standard InChI is InChI=1S/C28H31ClF4N4O5S/c1-5-43(40,41)22-7-6-18(29)12-17(22)14-37-16-34-24-19(25(37)38)13-21(28(31,32)33)20(23(24)30)15-35-8-10-36(11-9-35)26(39)42-27(2,3)4/h6-7,12-13,16H,5,8-11,14-15H2,1-4H3. The highest BCUT2D eigenvalue weighted by molar-refractivity contribution is 7.91. The van der Waals surface area contributed by atoms with Gasteiger partial charge in [-0.1, -0.05) is 18.5 Å². The van der Waals surface area contributed by atoms with E-state index in [2.05, 4.69) is 4.98 Å². The molecule has 2 aromatic carbocycles. The molecule has 2 heterocycles. The summed E-state index contributed by atoms with van der Waals surface area (Å²) in [7, 11) is -3.73. The summed E-state index contributed by atoms with van der Waals surface area (Å²) >= 11 is 6.05. The van der Waals surface area contributed by atoms with E-state index in [1.165, 1.54) is 30.0 Å². The van der Waals surface area contributed by atoms with Crippen molar-refractivity contribution in [3.63, 3.8) is 0 Å². The lowest BCUT2D eigenvalue weighted by Crippen LogP contribution is -2.49. The Morgan fingerprint density at radius 3 is 2.30 bits per heavy atom. The van der Waals surface area contributed by atoms with Gasteiger partial charge in [0.05, 0.1) is 34.5 Å². The third-order valence-corrected chi connectivity index (χ3v) is 9.01. The van der Waals surface area contributed by atoms with Crippen LogP contribution in [0.3, 0.4) is 0 Å².